The van der Waals surface area contributed by atoms with Gasteiger partial charge in [-0.1, -0.05) is 12.1 Å². The maximum Gasteiger partial charge on any atom is 0.174 e. The van der Waals surface area contributed by atoms with Gasteiger partial charge in [-0.3, -0.25) is 4.98 Å². The van der Waals surface area contributed by atoms with E-state index in [1.54, 1.807) is 7.11 Å². The van der Waals surface area contributed by atoms with Crippen molar-refractivity contribution < 1.29 is 4.74 Å². The van der Waals surface area contributed by atoms with E-state index in [4.69, 9.17) is 17.0 Å². The van der Waals surface area contributed by atoms with Crippen molar-refractivity contribution in [2.24, 2.45) is 0 Å². The highest BCUT2D eigenvalue weighted by Crippen LogP contribution is 2.43. The lowest BCUT2D eigenvalue weighted by atomic mass is 9.96. The Balaban J connectivity index is 1.66. The molecule has 0 bridgehead atoms. The summed E-state index contributed by atoms with van der Waals surface area (Å²) in [5.41, 5.74) is 6.52. The summed E-state index contributed by atoms with van der Waals surface area (Å²) in [6.45, 7) is 6.31. The number of thiocarbonyl (C=S) groups is 1. The number of hydrogen-bond donors (Lipinski definition) is 1. The molecule has 0 amide bonds. The molecule has 3 aromatic heterocycles. The van der Waals surface area contributed by atoms with Crippen molar-refractivity contribution >= 4 is 23.0 Å². The van der Waals surface area contributed by atoms with Crippen LogP contribution < -0.4 is 15.0 Å². The molecular weight excluding hydrogens is 442 g/mol. The normalized spacial score (nSPS) is 17.6. The largest absolute Gasteiger partial charge is 0.497 e. The molecule has 5 rings (SSSR count). The van der Waals surface area contributed by atoms with Gasteiger partial charge in [0.05, 0.1) is 24.9 Å². The molecule has 7 heteroatoms. The quantitative estimate of drug-likeness (QED) is 0.396. The molecule has 1 aliphatic rings. The van der Waals surface area contributed by atoms with Crippen LogP contribution in [0.4, 0.5) is 5.69 Å². The molecule has 172 valence electrons. The van der Waals surface area contributed by atoms with Gasteiger partial charge in [-0.2, -0.15) is 0 Å². The Kier molecular flexibility index (Phi) is 5.79. The van der Waals surface area contributed by atoms with Gasteiger partial charge in [-0.15, -0.1) is 0 Å². The molecule has 1 aromatic carbocycles. The molecule has 6 nitrogen and oxygen atoms in total. The third-order valence-corrected chi connectivity index (χ3v) is 6.68. The Morgan fingerprint density at radius 1 is 0.971 bits per heavy atom. The van der Waals surface area contributed by atoms with Crippen molar-refractivity contribution in [3.8, 4) is 11.6 Å². The Hall–Kier alpha value is -3.71. The molecule has 0 spiro atoms. The van der Waals surface area contributed by atoms with Crippen molar-refractivity contribution in [2.45, 2.75) is 32.9 Å². The number of nitrogens with one attached hydrogen (secondary N) is 1. The predicted molar refractivity (Wildman–Crippen MR) is 139 cm³/mol. The fraction of sp³-hybridized carbons (Fsp3) is 0.222. The van der Waals surface area contributed by atoms with Gasteiger partial charge >= 0.3 is 0 Å². The lowest BCUT2D eigenvalue weighted by Gasteiger charge is -2.28. The molecule has 4 heterocycles. The zero-order valence-electron chi connectivity index (χ0n) is 19.7. The van der Waals surface area contributed by atoms with Crippen LogP contribution in [0.15, 0.2) is 73.1 Å². The zero-order valence-corrected chi connectivity index (χ0v) is 20.5. The third kappa shape index (κ3) is 3.82. The summed E-state index contributed by atoms with van der Waals surface area (Å²) < 4.78 is 7.58. The highest BCUT2D eigenvalue weighted by molar-refractivity contribution is 7.80. The van der Waals surface area contributed by atoms with Crippen molar-refractivity contribution in [1.29, 1.82) is 0 Å². The molecule has 1 N–H and O–H groups in total. The zero-order chi connectivity index (χ0) is 23.8. The van der Waals surface area contributed by atoms with E-state index >= 15 is 0 Å². The van der Waals surface area contributed by atoms with Crippen molar-refractivity contribution in [1.82, 2.24) is 19.9 Å². The minimum Gasteiger partial charge on any atom is -0.497 e. The number of aryl methyl sites for hydroxylation is 2. The number of rotatable bonds is 5. The monoisotopic (exact) mass is 469 g/mol. The highest BCUT2D eigenvalue weighted by Gasteiger charge is 2.42. The molecule has 0 unspecified atom stereocenters. The highest BCUT2D eigenvalue weighted by atomic mass is 32.1. The fourth-order valence-electron chi connectivity index (χ4n) is 4.72. The lowest BCUT2D eigenvalue weighted by Crippen LogP contribution is -2.29. The minimum absolute atomic E-state index is 0.0822. The first-order valence-electron chi connectivity index (χ1n) is 11.2. The second-order valence-corrected chi connectivity index (χ2v) is 8.94. The fourth-order valence-corrected chi connectivity index (χ4v) is 5.07. The van der Waals surface area contributed by atoms with E-state index in [2.05, 4.69) is 56.8 Å². The van der Waals surface area contributed by atoms with Gasteiger partial charge in [0.2, 0.25) is 0 Å². The Morgan fingerprint density at radius 3 is 2.41 bits per heavy atom. The van der Waals surface area contributed by atoms with Gasteiger partial charge in [0.15, 0.2) is 5.11 Å². The molecule has 0 aliphatic carbocycles. The molecule has 2 atom stereocenters. The van der Waals surface area contributed by atoms with Crippen LogP contribution in [0.1, 0.15) is 40.3 Å². The summed E-state index contributed by atoms with van der Waals surface area (Å²) in [5, 5.41) is 4.21. The summed E-state index contributed by atoms with van der Waals surface area (Å²) in [6.07, 6.45) is 3.73. The van der Waals surface area contributed by atoms with E-state index in [0.29, 0.717) is 5.11 Å². The van der Waals surface area contributed by atoms with Crippen LogP contribution >= 0.6 is 12.2 Å². The van der Waals surface area contributed by atoms with E-state index in [9.17, 15) is 0 Å². The second-order valence-electron chi connectivity index (χ2n) is 8.55. The number of ether oxygens (including phenoxy) is 1. The van der Waals surface area contributed by atoms with Gasteiger partial charge in [0.1, 0.15) is 11.6 Å². The Labute approximate surface area is 205 Å². The molecule has 0 saturated carbocycles. The van der Waals surface area contributed by atoms with E-state index in [0.717, 1.165) is 39.9 Å². The third-order valence-electron chi connectivity index (χ3n) is 6.36. The number of methoxy groups -OCH3 is 1. The Morgan fingerprint density at radius 2 is 1.76 bits per heavy atom. The van der Waals surface area contributed by atoms with Crippen molar-refractivity contribution in [3.63, 3.8) is 0 Å². The molecule has 0 radical (unpaired) electrons. The average molecular weight is 470 g/mol. The van der Waals surface area contributed by atoms with E-state index in [1.807, 2.05) is 61.8 Å². The maximum absolute atomic E-state index is 5.87. The van der Waals surface area contributed by atoms with Gasteiger partial charge < -0.3 is 19.5 Å². The number of benzene rings is 1. The Bertz CT molecular complexity index is 1320. The van der Waals surface area contributed by atoms with Gasteiger partial charge in [-0.25, -0.2) is 4.98 Å². The van der Waals surface area contributed by atoms with Gasteiger partial charge in [0, 0.05) is 29.5 Å². The first-order chi connectivity index (χ1) is 16.5. The van der Waals surface area contributed by atoms with Crippen LogP contribution in [-0.4, -0.2) is 26.8 Å². The van der Waals surface area contributed by atoms with Crippen molar-refractivity contribution in [3.05, 3.63) is 101 Å². The summed E-state index contributed by atoms with van der Waals surface area (Å²) in [5.74, 6) is 1.72. The van der Waals surface area contributed by atoms with Crippen LogP contribution in [-0.2, 0) is 0 Å². The summed E-state index contributed by atoms with van der Waals surface area (Å²) in [4.78, 5) is 11.5. The van der Waals surface area contributed by atoms with E-state index in [-0.39, 0.29) is 12.1 Å². The van der Waals surface area contributed by atoms with Crippen LogP contribution in [0.25, 0.3) is 5.82 Å². The number of pyridine rings is 2. The molecule has 1 fully saturated rings. The second kappa shape index (κ2) is 8.91. The number of anilines is 1. The van der Waals surface area contributed by atoms with E-state index in [1.165, 1.54) is 5.56 Å². The first kappa shape index (κ1) is 22.1. The smallest absolute Gasteiger partial charge is 0.174 e. The number of hydrogen-bond acceptors (Lipinski definition) is 4. The molecule has 34 heavy (non-hydrogen) atoms. The number of nitrogens with zero attached hydrogens (tertiary/aromatic N) is 4. The lowest BCUT2D eigenvalue weighted by molar-refractivity contribution is 0.415. The van der Waals surface area contributed by atoms with Crippen LogP contribution in [0.3, 0.4) is 0 Å². The SMILES string of the molecule is COc1ccc(N2C(=S)N[C@@H](c3ccccn3)[C@H]2c2cc(C)n(-c3ccc(C)cn3)c2C)cc1. The molecule has 4 aromatic rings. The van der Waals surface area contributed by atoms with E-state index < -0.39 is 0 Å². The number of aromatic nitrogens is 3. The summed E-state index contributed by atoms with van der Waals surface area (Å²) >= 11 is 5.87. The molecule has 1 saturated heterocycles. The first-order valence-corrected chi connectivity index (χ1v) is 11.7. The van der Waals surface area contributed by atoms with Crippen LogP contribution in [0, 0.1) is 20.8 Å². The van der Waals surface area contributed by atoms with Crippen LogP contribution in [0.2, 0.25) is 0 Å². The predicted octanol–water partition coefficient (Wildman–Crippen LogP) is 5.38. The topological polar surface area (TPSA) is 55.2 Å². The summed E-state index contributed by atoms with van der Waals surface area (Å²) in [7, 11) is 1.67. The van der Waals surface area contributed by atoms with Gasteiger partial charge in [-0.05, 0) is 92.6 Å². The summed E-state index contributed by atoms with van der Waals surface area (Å²) in [6, 6.07) is 20.2. The molecular formula is C27H27N5OS. The average Bonchev–Trinajstić information content (AvgIpc) is 3.35. The van der Waals surface area contributed by atoms with Gasteiger partial charge in [0.25, 0.3) is 0 Å². The van der Waals surface area contributed by atoms with Crippen molar-refractivity contribution in [2.75, 3.05) is 12.0 Å². The van der Waals surface area contributed by atoms with Crippen LogP contribution in [0.5, 0.6) is 5.75 Å². The molecule has 1 aliphatic heterocycles. The minimum atomic E-state index is -0.101. The standard InChI is InChI=1S/C27H27N5OS/c1-17-8-13-24(29-16-17)31-18(2)15-22(19(31)3)26-25(23-7-5-6-14-28-23)30-27(34)32(26)20-9-11-21(33-4)12-10-20/h5-16,25-26H,1-4H3,(H,30,34)/t25-,26+/m0/s1. The maximum atomic E-state index is 5.87.